The van der Waals surface area contributed by atoms with Gasteiger partial charge in [0.2, 0.25) is 17.6 Å². The highest BCUT2D eigenvalue weighted by molar-refractivity contribution is 6.30. The van der Waals surface area contributed by atoms with Gasteiger partial charge in [0.05, 0.1) is 21.3 Å². The maximum absolute atomic E-state index is 12.4. The molecule has 3 N–H and O–H groups in total. The van der Waals surface area contributed by atoms with Crippen LogP contribution in [0.4, 0.5) is 5.69 Å². The number of halogens is 1. The van der Waals surface area contributed by atoms with Crippen LogP contribution in [0.3, 0.4) is 0 Å². The number of hydrogen-bond donors (Lipinski definition) is 3. The average Bonchev–Trinajstić information content (AvgIpc) is 2.77. The molecule has 10 heteroatoms. The number of hydrogen-bond acceptors (Lipinski definition) is 6. The standard InChI is InChI=1S/C22H26ClN3O6/c1-13(9-19(27)24-16-7-5-15(23)6-8-16)10-20(28)25-26-22(29)14-11-17(30-2)21(32-4)18(12-14)31-3/h5-8,11-13H,9-10H2,1-4H3,(H,24,27)(H,25,28)(H,26,29). The summed E-state index contributed by atoms with van der Waals surface area (Å²) in [5.41, 5.74) is 5.51. The Hall–Kier alpha value is -3.46. The predicted molar refractivity (Wildman–Crippen MR) is 120 cm³/mol. The highest BCUT2D eigenvalue weighted by atomic mass is 35.5. The van der Waals surface area contributed by atoms with Crippen LogP contribution in [0.1, 0.15) is 30.1 Å². The van der Waals surface area contributed by atoms with Gasteiger partial charge in [-0.05, 0) is 42.3 Å². The Kier molecular flexibility index (Phi) is 9.15. The van der Waals surface area contributed by atoms with Crippen molar-refractivity contribution in [3.8, 4) is 17.2 Å². The first kappa shape index (κ1) is 24.8. The van der Waals surface area contributed by atoms with Gasteiger partial charge in [-0.25, -0.2) is 0 Å². The van der Waals surface area contributed by atoms with Crippen molar-refractivity contribution in [3.05, 3.63) is 47.0 Å². The molecule has 0 aliphatic heterocycles. The number of benzene rings is 2. The number of nitrogens with one attached hydrogen (secondary N) is 3. The molecule has 2 rings (SSSR count). The molecule has 0 spiro atoms. The van der Waals surface area contributed by atoms with Crippen LogP contribution < -0.4 is 30.4 Å². The van der Waals surface area contributed by atoms with Crippen molar-refractivity contribution in [3.63, 3.8) is 0 Å². The highest BCUT2D eigenvalue weighted by Crippen LogP contribution is 2.38. The van der Waals surface area contributed by atoms with E-state index >= 15 is 0 Å². The van der Waals surface area contributed by atoms with E-state index in [4.69, 9.17) is 25.8 Å². The third-order valence-electron chi connectivity index (χ3n) is 4.44. The maximum Gasteiger partial charge on any atom is 0.269 e. The molecule has 1 atom stereocenters. The second-order valence-electron chi connectivity index (χ2n) is 6.98. The largest absolute Gasteiger partial charge is 0.493 e. The Morgan fingerprint density at radius 3 is 1.97 bits per heavy atom. The fourth-order valence-corrected chi connectivity index (χ4v) is 3.04. The van der Waals surface area contributed by atoms with Crippen molar-refractivity contribution >= 4 is 35.0 Å². The van der Waals surface area contributed by atoms with Crippen molar-refractivity contribution in [2.24, 2.45) is 5.92 Å². The Labute approximate surface area is 191 Å². The van der Waals surface area contributed by atoms with Crippen LogP contribution in [-0.2, 0) is 9.59 Å². The van der Waals surface area contributed by atoms with E-state index < -0.39 is 11.8 Å². The van der Waals surface area contributed by atoms with Crippen molar-refractivity contribution in [1.29, 1.82) is 0 Å². The van der Waals surface area contributed by atoms with Crippen LogP contribution in [0.15, 0.2) is 36.4 Å². The molecule has 0 saturated carbocycles. The Morgan fingerprint density at radius 1 is 0.875 bits per heavy atom. The van der Waals surface area contributed by atoms with Crippen molar-refractivity contribution < 1.29 is 28.6 Å². The first-order chi connectivity index (χ1) is 15.3. The number of methoxy groups -OCH3 is 3. The van der Waals surface area contributed by atoms with E-state index in [0.29, 0.717) is 28.0 Å². The molecule has 0 aliphatic carbocycles. The van der Waals surface area contributed by atoms with Gasteiger partial charge in [0.1, 0.15) is 0 Å². The van der Waals surface area contributed by atoms with Crippen molar-refractivity contribution in [2.45, 2.75) is 19.8 Å². The van der Waals surface area contributed by atoms with Crippen LogP contribution in [0.25, 0.3) is 0 Å². The molecule has 0 fully saturated rings. The summed E-state index contributed by atoms with van der Waals surface area (Å²) in [6.45, 7) is 1.77. The van der Waals surface area contributed by atoms with Gasteiger partial charge in [-0.15, -0.1) is 0 Å². The van der Waals surface area contributed by atoms with Gasteiger partial charge in [-0.3, -0.25) is 25.2 Å². The molecular formula is C22H26ClN3O6. The van der Waals surface area contributed by atoms with E-state index in [2.05, 4.69) is 16.2 Å². The highest BCUT2D eigenvalue weighted by Gasteiger charge is 2.18. The fourth-order valence-electron chi connectivity index (χ4n) is 2.91. The molecule has 3 amide bonds. The minimum atomic E-state index is -0.564. The molecule has 0 heterocycles. The Bertz CT molecular complexity index is 940. The van der Waals surface area contributed by atoms with Gasteiger partial charge < -0.3 is 19.5 Å². The van der Waals surface area contributed by atoms with E-state index in [-0.39, 0.29) is 30.2 Å². The lowest BCUT2D eigenvalue weighted by Crippen LogP contribution is -2.42. The lowest BCUT2D eigenvalue weighted by molar-refractivity contribution is -0.123. The smallest absolute Gasteiger partial charge is 0.269 e. The molecule has 9 nitrogen and oxygen atoms in total. The van der Waals surface area contributed by atoms with E-state index in [1.54, 1.807) is 31.2 Å². The SMILES string of the molecule is COc1cc(C(=O)NNC(=O)CC(C)CC(=O)Nc2ccc(Cl)cc2)cc(OC)c1OC. The van der Waals surface area contributed by atoms with Crippen molar-refractivity contribution in [1.82, 2.24) is 10.9 Å². The van der Waals surface area contributed by atoms with E-state index in [0.717, 1.165) is 0 Å². The molecule has 1 unspecified atom stereocenters. The lowest BCUT2D eigenvalue weighted by atomic mass is 10.0. The second kappa shape index (κ2) is 11.8. The number of hydrazine groups is 1. The molecule has 172 valence electrons. The predicted octanol–water partition coefficient (Wildman–Crippen LogP) is 3.18. The first-order valence-electron chi connectivity index (χ1n) is 9.72. The van der Waals surface area contributed by atoms with Gasteiger partial charge in [0.15, 0.2) is 11.5 Å². The van der Waals surface area contributed by atoms with Crippen LogP contribution in [0.2, 0.25) is 5.02 Å². The van der Waals surface area contributed by atoms with Gasteiger partial charge in [-0.2, -0.15) is 0 Å². The normalized spacial score (nSPS) is 11.2. The quantitative estimate of drug-likeness (QED) is 0.492. The molecule has 0 radical (unpaired) electrons. The molecule has 2 aromatic carbocycles. The van der Waals surface area contributed by atoms with E-state index in [1.807, 2.05) is 0 Å². The summed E-state index contributed by atoms with van der Waals surface area (Å²) in [5, 5.41) is 3.31. The van der Waals surface area contributed by atoms with Crippen LogP contribution >= 0.6 is 11.6 Å². The molecule has 2 aromatic rings. The summed E-state index contributed by atoms with van der Waals surface area (Å²) in [4.78, 5) is 36.7. The number of ether oxygens (including phenoxy) is 3. The monoisotopic (exact) mass is 463 g/mol. The molecule has 32 heavy (non-hydrogen) atoms. The van der Waals surface area contributed by atoms with Gasteiger partial charge in [0.25, 0.3) is 5.91 Å². The topological polar surface area (TPSA) is 115 Å². The van der Waals surface area contributed by atoms with Crippen LogP contribution in [0, 0.1) is 5.92 Å². The zero-order valence-electron chi connectivity index (χ0n) is 18.3. The molecule has 0 aliphatic rings. The average molecular weight is 464 g/mol. The second-order valence-corrected chi connectivity index (χ2v) is 7.42. The number of amides is 3. The minimum Gasteiger partial charge on any atom is -0.493 e. The van der Waals surface area contributed by atoms with E-state index in [9.17, 15) is 14.4 Å². The zero-order chi connectivity index (χ0) is 23.7. The maximum atomic E-state index is 12.4. The number of anilines is 1. The Morgan fingerprint density at radius 2 is 1.44 bits per heavy atom. The fraction of sp³-hybridized carbons (Fsp3) is 0.318. The van der Waals surface area contributed by atoms with Crippen LogP contribution in [-0.4, -0.2) is 39.1 Å². The summed E-state index contributed by atoms with van der Waals surface area (Å²) in [7, 11) is 4.33. The summed E-state index contributed by atoms with van der Waals surface area (Å²) in [6, 6.07) is 9.65. The number of carbonyl (C=O) groups excluding carboxylic acids is 3. The summed E-state index contributed by atoms with van der Waals surface area (Å²) in [6.07, 6.45) is 0.181. The number of rotatable bonds is 9. The van der Waals surface area contributed by atoms with Crippen LogP contribution in [0.5, 0.6) is 17.2 Å². The number of carbonyl (C=O) groups is 3. The lowest BCUT2D eigenvalue weighted by Gasteiger charge is -2.15. The molecule has 0 saturated heterocycles. The zero-order valence-corrected chi connectivity index (χ0v) is 19.0. The molecular weight excluding hydrogens is 438 g/mol. The van der Waals surface area contributed by atoms with Gasteiger partial charge in [-0.1, -0.05) is 18.5 Å². The van der Waals surface area contributed by atoms with Gasteiger partial charge in [0, 0.05) is 29.1 Å². The summed E-state index contributed by atoms with van der Waals surface area (Å²) in [5.74, 6) is -0.508. The van der Waals surface area contributed by atoms with Crippen molar-refractivity contribution in [2.75, 3.05) is 26.6 Å². The Balaban J connectivity index is 1.86. The summed E-state index contributed by atoms with van der Waals surface area (Å²) >= 11 is 5.82. The molecule has 0 aromatic heterocycles. The summed E-state index contributed by atoms with van der Waals surface area (Å²) < 4.78 is 15.7. The molecule has 0 bridgehead atoms. The first-order valence-corrected chi connectivity index (χ1v) is 10.1. The van der Waals surface area contributed by atoms with E-state index in [1.165, 1.54) is 33.5 Å². The van der Waals surface area contributed by atoms with Gasteiger partial charge >= 0.3 is 0 Å². The third kappa shape index (κ3) is 7.05. The minimum absolute atomic E-state index is 0.0452. The third-order valence-corrected chi connectivity index (χ3v) is 4.69.